The van der Waals surface area contributed by atoms with Crippen LogP contribution in [0, 0.1) is 11.3 Å². The van der Waals surface area contributed by atoms with Gasteiger partial charge in [-0.15, -0.1) is 0 Å². The minimum absolute atomic E-state index is 0.288. The number of nitrogens with zero attached hydrogens (tertiary/aromatic N) is 2. The molecule has 4 rings (SSSR count). The van der Waals surface area contributed by atoms with E-state index in [1.807, 2.05) is 0 Å². The number of rotatable bonds is 1. The van der Waals surface area contributed by atoms with E-state index < -0.39 is 0 Å². The zero-order valence-electron chi connectivity index (χ0n) is 12.3. The molecule has 1 aliphatic heterocycles. The average Bonchev–Trinajstić information content (AvgIpc) is 3.35. The first-order valence-corrected chi connectivity index (χ1v) is 7.70. The molecule has 2 atom stereocenters. The topological polar surface area (TPSA) is 23.6 Å². The number of para-hydroxylation sites is 1. The Morgan fingerprint density at radius 3 is 2.75 bits per heavy atom. The maximum Gasteiger partial charge on any atom is 0.226 e. The predicted octanol–water partition coefficient (Wildman–Crippen LogP) is 2.65. The third kappa shape index (κ3) is 1.75. The van der Waals surface area contributed by atoms with Gasteiger partial charge in [-0.1, -0.05) is 18.2 Å². The van der Waals surface area contributed by atoms with E-state index in [0.717, 1.165) is 19.5 Å². The summed E-state index contributed by atoms with van der Waals surface area (Å²) in [5, 5.41) is 0. The molecule has 3 aliphatic rings. The summed E-state index contributed by atoms with van der Waals surface area (Å²) < 4.78 is 0. The Morgan fingerprint density at radius 1 is 1.30 bits per heavy atom. The number of likely N-dealkylation sites (N-methyl/N-ethyl adjacent to an activating group) is 1. The molecule has 1 amide bonds. The van der Waals surface area contributed by atoms with Crippen molar-refractivity contribution in [1.29, 1.82) is 0 Å². The lowest BCUT2D eigenvalue weighted by Crippen LogP contribution is -2.42. The lowest BCUT2D eigenvalue weighted by Gasteiger charge is -2.29. The van der Waals surface area contributed by atoms with Crippen molar-refractivity contribution in [1.82, 2.24) is 4.90 Å². The highest BCUT2D eigenvalue weighted by Gasteiger charge is 2.66. The van der Waals surface area contributed by atoms with Crippen molar-refractivity contribution in [3.05, 3.63) is 29.8 Å². The van der Waals surface area contributed by atoms with Crippen LogP contribution in [0.2, 0.25) is 0 Å². The molecule has 106 valence electrons. The summed E-state index contributed by atoms with van der Waals surface area (Å²) in [5.41, 5.74) is 3.00. The molecule has 1 aromatic rings. The summed E-state index contributed by atoms with van der Waals surface area (Å²) in [7, 11) is 2.13. The van der Waals surface area contributed by atoms with E-state index in [9.17, 15) is 4.79 Å². The zero-order chi connectivity index (χ0) is 13.9. The summed E-state index contributed by atoms with van der Waals surface area (Å²) >= 11 is 0. The summed E-state index contributed by atoms with van der Waals surface area (Å²) in [6, 6.07) is 8.76. The number of fused-ring (bicyclic) bond motifs is 1. The smallest absolute Gasteiger partial charge is 0.226 e. The Bertz CT molecular complexity index is 564. The van der Waals surface area contributed by atoms with Crippen LogP contribution in [0.4, 0.5) is 5.69 Å². The maximum atomic E-state index is 12.8. The van der Waals surface area contributed by atoms with Crippen molar-refractivity contribution in [2.45, 2.75) is 38.8 Å². The lowest BCUT2D eigenvalue weighted by atomic mass is 10.1. The summed E-state index contributed by atoms with van der Waals surface area (Å²) in [6.45, 7) is 3.87. The van der Waals surface area contributed by atoms with Gasteiger partial charge in [-0.05, 0) is 43.2 Å². The third-order valence-corrected chi connectivity index (χ3v) is 5.48. The number of anilines is 1. The molecule has 0 radical (unpaired) electrons. The highest BCUT2D eigenvalue weighted by Crippen LogP contribution is 2.71. The normalized spacial score (nSPS) is 29.9. The fourth-order valence-corrected chi connectivity index (χ4v) is 3.85. The molecule has 1 spiro atoms. The molecule has 2 aliphatic carbocycles. The fourth-order valence-electron chi connectivity index (χ4n) is 3.85. The van der Waals surface area contributed by atoms with Crippen LogP contribution >= 0.6 is 0 Å². The van der Waals surface area contributed by atoms with Crippen molar-refractivity contribution < 1.29 is 4.79 Å². The maximum absolute atomic E-state index is 12.8. The number of amides is 1. The third-order valence-electron chi connectivity index (χ3n) is 5.48. The minimum Gasteiger partial charge on any atom is -0.372 e. The van der Waals surface area contributed by atoms with Crippen molar-refractivity contribution in [2.75, 3.05) is 18.5 Å². The van der Waals surface area contributed by atoms with E-state index >= 15 is 0 Å². The van der Waals surface area contributed by atoms with Gasteiger partial charge in [0.1, 0.15) is 0 Å². The van der Waals surface area contributed by atoms with Crippen LogP contribution in [-0.2, 0) is 11.3 Å². The first-order valence-electron chi connectivity index (χ1n) is 7.70. The monoisotopic (exact) mass is 270 g/mol. The summed E-state index contributed by atoms with van der Waals surface area (Å²) in [6.07, 6.45) is 3.71. The number of carbonyl (C=O) groups excluding carboxylic acids is 1. The molecule has 3 heteroatoms. The highest BCUT2D eigenvalue weighted by atomic mass is 16.2. The van der Waals surface area contributed by atoms with Crippen molar-refractivity contribution >= 4 is 11.6 Å². The second-order valence-corrected chi connectivity index (χ2v) is 6.94. The minimum atomic E-state index is 0.288. The summed E-state index contributed by atoms with van der Waals surface area (Å²) in [4.78, 5) is 17.2. The van der Waals surface area contributed by atoms with Gasteiger partial charge in [0.2, 0.25) is 5.91 Å². The molecule has 0 bridgehead atoms. The van der Waals surface area contributed by atoms with Gasteiger partial charge in [0.15, 0.2) is 0 Å². The van der Waals surface area contributed by atoms with Gasteiger partial charge in [0.25, 0.3) is 0 Å². The quantitative estimate of drug-likeness (QED) is 0.783. The van der Waals surface area contributed by atoms with Crippen molar-refractivity contribution in [3.63, 3.8) is 0 Å². The largest absolute Gasteiger partial charge is 0.372 e. The number of hydrogen-bond donors (Lipinski definition) is 0. The van der Waals surface area contributed by atoms with Gasteiger partial charge in [0, 0.05) is 37.8 Å². The van der Waals surface area contributed by atoms with Gasteiger partial charge >= 0.3 is 0 Å². The van der Waals surface area contributed by atoms with E-state index in [4.69, 9.17) is 0 Å². The first-order chi connectivity index (χ1) is 9.61. The van der Waals surface area contributed by atoms with Gasteiger partial charge < -0.3 is 9.80 Å². The van der Waals surface area contributed by atoms with Gasteiger partial charge in [-0.3, -0.25) is 4.79 Å². The Labute approximate surface area is 120 Å². The molecule has 2 fully saturated rings. The van der Waals surface area contributed by atoms with Crippen LogP contribution in [0.25, 0.3) is 0 Å². The lowest BCUT2D eigenvalue weighted by molar-refractivity contribution is -0.135. The summed E-state index contributed by atoms with van der Waals surface area (Å²) in [5.74, 6) is 0.737. The van der Waals surface area contributed by atoms with Crippen LogP contribution in [0.5, 0.6) is 0 Å². The van der Waals surface area contributed by atoms with Crippen molar-refractivity contribution in [2.24, 2.45) is 11.3 Å². The standard InChI is InChI=1S/C17H22N2O/c1-12-10-18(2)15-6-4-3-5-13(15)11-19(12)16(20)14-9-17(14)7-8-17/h3-6,12,14H,7-11H2,1-2H3. The van der Waals surface area contributed by atoms with E-state index in [0.29, 0.717) is 17.2 Å². The van der Waals surface area contributed by atoms with Crippen LogP contribution in [-0.4, -0.2) is 30.4 Å². The number of carbonyl (C=O) groups is 1. The van der Waals surface area contributed by atoms with E-state index in [-0.39, 0.29) is 6.04 Å². The van der Waals surface area contributed by atoms with Crippen LogP contribution in [0.1, 0.15) is 31.7 Å². The number of benzene rings is 1. The molecule has 0 aromatic heterocycles. The molecule has 0 N–H and O–H groups in total. The Morgan fingerprint density at radius 2 is 2.05 bits per heavy atom. The molecule has 2 unspecified atom stereocenters. The van der Waals surface area contributed by atoms with Gasteiger partial charge in [-0.25, -0.2) is 0 Å². The second-order valence-electron chi connectivity index (χ2n) is 6.94. The highest BCUT2D eigenvalue weighted by molar-refractivity contribution is 5.84. The first kappa shape index (κ1) is 12.2. The Balaban J connectivity index is 1.62. The fraction of sp³-hybridized carbons (Fsp3) is 0.588. The van der Waals surface area contributed by atoms with Gasteiger partial charge in [-0.2, -0.15) is 0 Å². The van der Waals surface area contributed by atoms with E-state index in [1.54, 1.807) is 0 Å². The van der Waals surface area contributed by atoms with Gasteiger partial charge in [0.05, 0.1) is 0 Å². The van der Waals surface area contributed by atoms with Crippen molar-refractivity contribution in [3.8, 4) is 0 Å². The molecule has 1 heterocycles. The molecule has 0 saturated heterocycles. The molecule has 2 saturated carbocycles. The Kier molecular flexibility index (Phi) is 2.45. The zero-order valence-corrected chi connectivity index (χ0v) is 12.3. The molecular weight excluding hydrogens is 248 g/mol. The molecule has 1 aromatic carbocycles. The number of hydrogen-bond acceptors (Lipinski definition) is 2. The van der Waals surface area contributed by atoms with E-state index in [1.165, 1.54) is 24.1 Å². The van der Waals surface area contributed by atoms with Crippen LogP contribution in [0.3, 0.4) is 0 Å². The predicted molar refractivity (Wildman–Crippen MR) is 79.5 cm³/mol. The molecular formula is C17H22N2O. The molecule has 3 nitrogen and oxygen atoms in total. The molecule has 20 heavy (non-hydrogen) atoms. The second kappa shape index (κ2) is 4.00. The Hall–Kier alpha value is -1.51. The average molecular weight is 270 g/mol. The van der Waals surface area contributed by atoms with Crippen LogP contribution < -0.4 is 4.90 Å². The SMILES string of the molecule is CC1CN(C)c2ccccc2CN1C(=O)C1CC12CC2. The van der Waals surface area contributed by atoms with E-state index in [2.05, 4.69) is 48.0 Å². The van der Waals surface area contributed by atoms with Crippen LogP contribution in [0.15, 0.2) is 24.3 Å².